The molecule has 4 aliphatic rings. The maximum Gasteiger partial charge on any atom is 0.0497 e. The standard InChI is InChI=1S/C56H48N2/c1-39-14-6-4-2-3-5-13-33-57(39)46-25-30-51-50-28-22-41(35-52(50)56(53(51)38-46)31-11-12-32-56)20-19-40-21-27-48-42(34-40)23-24-43-37-47(26-29-49(43)48)58-54-17-9-7-15-44(54)36-45-16-8-10-18-55(45)58/h2,4,6-10,14-30,34-35,37-38H,1,3,5,11-13,31-33,36H2/b4-2-,14-6-,20-19+. The first-order valence-electron chi connectivity index (χ1n) is 21.3. The van der Waals surface area contributed by atoms with Crippen LogP contribution in [0.4, 0.5) is 22.7 Å². The second kappa shape index (κ2) is 14.2. The molecule has 0 unspecified atom stereocenters. The highest BCUT2D eigenvalue weighted by Gasteiger charge is 2.45. The molecule has 2 aliphatic carbocycles. The van der Waals surface area contributed by atoms with Crippen LogP contribution in [0.1, 0.15) is 78.3 Å². The summed E-state index contributed by atoms with van der Waals surface area (Å²) in [5, 5.41) is 5.10. The molecule has 0 radical (unpaired) electrons. The summed E-state index contributed by atoms with van der Waals surface area (Å²) in [5.41, 5.74) is 17.3. The van der Waals surface area contributed by atoms with Crippen LogP contribution in [0.2, 0.25) is 0 Å². The lowest BCUT2D eigenvalue weighted by molar-refractivity contribution is 0.549. The molecule has 0 aromatic heterocycles. The summed E-state index contributed by atoms with van der Waals surface area (Å²) in [5.74, 6) is 0. The van der Waals surface area contributed by atoms with Gasteiger partial charge in [-0.2, -0.15) is 0 Å². The maximum atomic E-state index is 4.48. The predicted molar refractivity (Wildman–Crippen MR) is 248 cm³/mol. The molecule has 2 heterocycles. The Morgan fingerprint density at radius 1 is 0.552 bits per heavy atom. The van der Waals surface area contributed by atoms with E-state index in [4.69, 9.17) is 0 Å². The smallest absolute Gasteiger partial charge is 0.0497 e. The zero-order valence-corrected chi connectivity index (χ0v) is 33.1. The summed E-state index contributed by atoms with van der Waals surface area (Å²) in [6.07, 6.45) is 22.8. The number of hydrogen-bond donors (Lipinski definition) is 0. The first kappa shape index (κ1) is 34.8. The van der Waals surface area contributed by atoms with Gasteiger partial charge in [-0.15, -0.1) is 0 Å². The molecule has 2 heteroatoms. The average Bonchev–Trinajstić information content (AvgIpc) is 3.87. The largest absolute Gasteiger partial charge is 0.342 e. The van der Waals surface area contributed by atoms with E-state index in [0.717, 1.165) is 31.5 Å². The Morgan fingerprint density at radius 3 is 1.97 bits per heavy atom. The number of nitrogens with zero attached hydrogens (tertiary/aromatic N) is 2. The fourth-order valence-electron chi connectivity index (χ4n) is 10.6. The topological polar surface area (TPSA) is 6.48 Å². The van der Waals surface area contributed by atoms with Crippen LogP contribution in [0, 0.1) is 0 Å². The number of allylic oxidation sites excluding steroid dienone is 4. The van der Waals surface area contributed by atoms with Crippen LogP contribution in [0.3, 0.4) is 0 Å². The van der Waals surface area contributed by atoms with Crippen LogP contribution in [0.25, 0.3) is 44.8 Å². The van der Waals surface area contributed by atoms with Crippen molar-refractivity contribution in [2.75, 3.05) is 16.3 Å². The Morgan fingerprint density at radius 2 is 1.19 bits per heavy atom. The molecule has 0 N–H and O–H groups in total. The molecule has 58 heavy (non-hydrogen) atoms. The van der Waals surface area contributed by atoms with Crippen LogP contribution in [-0.4, -0.2) is 6.54 Å². The normalized spacial score (nSPS) is 18.0. The van der Waals surface area contributed by atoms with Crippen LogP contribution >= 0.6 is 0 Å². The van der Waals surface area contributed by atoms with Crippen LogP contribution < -0.4 is 9.80 Å². The van der Waals surface area contributed by atoms with Crippen LogP contribution in [-0.2, 0) is 11.8 Å². The van der Waals surface area contributed by atoms with Crippen molar-refractivity contribution in [3.05, 3.63) is 203 Å². The number of rotatable bonds is 4. The third-order valence-corrected chi connectivity index (χ3v) is 13.4. The Labute approximate surface area is 342 Å². The summed E-state index contributed by atoms with van der Waals surface area (Å²) >= 11 is 0. The Balaban J connectivity index is 0.887. The summed E-state index contributed by atoms with van der Waals surface area (Å²) < 4.78 is 0. The minimum Gasteiger partial charge on any atom is -0.342 e. The van der Waals surface area contributed by atoms with Gasteiger partial charge in [0, 0.05) is 46.8 Å². The Kier molecular flexibility index (Phi) is 8.54. The molecule has 0 amide bonds. The van der Waals surface area contributed by atoms with Crippen molar-refractivity contribution >= 4 is 56.4 Å². The van der Waals surface area contributed by atoms with E-state index in [1.807, 2.05) is 0 Å². The lowest BCUT2D eigenvalue weighted by Gasteiger charge is -2.33. The van der Waals surface area contributed by atoms with E-state index in [1.165, 1.54) is 121 Å². The van der Waals surface area contributed by atoms with E-state index >= 15 is 0 Å². The van der Waals surface area contributed by atoms with Crippen molar-refractivity contribution < 1.29 is 0 Å². The van der Waals surface area contributed by atoms with E-state index in [2.05, 4.69) is 186 Å². The number of benzene rings is 7. The molecular weight excluding hydrogens is 701 g/mol. The van der Waals surface area contributed by atoms with E-state index in [1.54, 1.807) is 0 Å². The minimum absolute atomic E-state index is 0.0895. The summed E-state index contributed by atoms with van der Waals surface area (Å²) in [4.78, 5) is 4.87. The molecule has 7 aromatic carbocycles. The quantitative estimate of drug-likeness (QED) is 0.131. The van der Waals surface area contributed by atoms with Crippen molar-refractivity contribution in [3.8, 4) is 11.1 Å². The van der Waals surface area contributed by atoms with E-state index < -0.39 is 0 Å². The van der Waals surface area contributed by atoms with Crippen molar-refractivity contribution in [3.63, 3.8) is 0 Å². The van der Waals surface area contributed by atoms with Gasteiger partial charge in [0.1, 0.15) is 0 Å². The minimum atomic E-state index is 0.0895. The van der Waals surface area contributed by atoms with E-state index in [9.17, 15) is 0 Å². The van der Waals surface area contributed by atoms with Crippen molar-refractivity contribution in [2.24, 2.45) is 0 Å². The van der Waals surface area contributed by atoms with Crippen LogP contribution in [0.15, 0.2) is 170 Å². The summed E-state index contributed by atoms with van der Waals surface area (Å²) in [7, 11) is 0. The molecule has 0 atom stereocenters. The predicted octanol–water partition coefficient (Wildman–Crippen LogP) is 15.0. The van der Waals surface area contributed by atoms with Gasteiger partial charge in [0.05, 0.1) is 0 Å². The second-order valence-corrected chi connectivity index (χ2v) is 16.8. The number of fused-ring (bicyclic) bond motifs is 10. The fourth-order valence-corrected chi connectivity index (χ4v) is 10.6. The first-order valence-corrected chi connectivity index (χ1v) is 21.3. The van der Waals surface area contributed by atoms with Crippen molar-refractivity contribution in [2.45, 2.75) is 56.8 Å². The Bertz CT molecular complexity index is 2820. The molecule has 1 saturated carbocycles. The summed E-state index contributed by atoms with van der Waals surface area (Å²) in [6, 6.07) is 50.6. The fraction of sp³-hybridized carbons (Fsp3) is 0.179. The number of anilines is 4. The van der Waals surface area contributed by atoms with Gasteiger partial charge in [-0.3, -0.25) is 0 Å². The molecule has 7 aromatic rings. The number of hydrogen-bond acceptors (Lipinski definition) is 2. The van der Waals surface area contributed by atoms with Crippen molar-refractivity contribution in [1.82, 2.24) is 0 Å². The SMILES string of the molecule is C=C1/C=C\C=C/CCCCN1c1ccc2c(c1)C1(CCCC1)c1cc(/C=C/c3ccc4c(ccc5cc(N6c7ccccc7Cc7ccccc76)ccc54)c3)ccc1-2. The Hall–Kier alpha value is -6.38. The molecule has 2 aliphatic heterocycles. The van der Waals surface area contributed by atoms with Gasteiger partial charge in [0.2, 0.25) is 0 Å². The zero-order chi connectivity index (χ0) is 38.6. The van der Waals surface area contributed by atoms with Crippen LogP contribution in [0.5, 0.6) is 0 Å². The monoisotopic (exact) mass is 748 g/mol. The molecule has 1 fully saturated rings. The average molecular weight is 749 g/mol. The molecule has 2 nitrogen and oxygen atoms in total. The molecule has 11 rings (SSSR count). The summed E-state index contributed by atoms with van der Waals surface area (Å²) in [6.45, 7) is 5.48. The first-order chi connectivity index (χ1) is 28.6. The molecule has 1 spiro atoms. The molecular formula is C56H48N2. The third-order valence-electron chi connectivity index (χ3n) is 13.4. The third kappa shape index (κ3) is 5.85. The second-order valence-electron chi connectivity index (χ2n) is 16.8. The lowest BCUT2D eigenvalue weighted by Crippen LogP contribution is -2.24. The van der Waals surface area contributed by atoms with Gasteiger partial charge in [0.15, 0.2) is 0 Å². The zero-order valence-electron chi connectivity index (χ0n) is 33.1. The van der Waals surface area contributed by atoms with Gasteiger partial charge in [0.25, 0.3) is 0 Å². The van der Waals surface area contributed by atoms with Gasteiger partial charge in [-0.1, -0.05) is 141 Å². The highest BCUT2D eigenvalue weighted by Crippen LogP contribution is 2.58. The van der Waals surface area contributed by atoms with E-state index in [0.29, 0.717) is 0 Å². The van der Waals surface area contributed by atoms with Gasteiger partial charge < -0.3 is 9.80 Å². The molecule has 0 bridgehead atoms. The van der Waals surface area contributed by atoms with Gasteiger partial charge in [-0.05, 0) is 147 Å². The lowest BCUT2D eigenvalue weighted by atomic mass is 9.76. The highest BCUT2D eigenvalue weighted by atomic mass is 15.2. The molecule has 282 valence electrons. The van der Waals surface area contributed by atoms with E-state index in [-0.39, 0.29) is 5.41 Å². The van der Waals surface area contributed by atoms with Gasteiger partial charge in [-0.25, -0.2) is 0 Å². The maximum absolute atomic E-state index is 4.48. The van der Waals surface area contributed by atoms with Gasteiger partial charge >= 0.3 is 0 Å². The highest BCUT2D eigenvalue weighted by molar-refractivity contribution is 6.09. The number of para-hydroxylation sites is 2. The molecule has 0 saturated heterocycles. The van der Waals surface area contributed by atoms with Crippen molar-refractivity contribution in [1.29, 1.82) is 0 Å².